The van der Waals surface area contributed by atoms with Crippen molar-refractivity contribution < 1.29 is 22.7 Å². The molecule has 1 saturated heterocycles. The van der Waals surface area contributed by atoms with Gasteiger partial charge in [0.05, 0.1) is 12.8 Å². The third-order valence-corrected chi connectivity index (χ3v) is 4.89. The number of anilines is 1. The van der Waals surface area contributed by atoms with Gasteiger partial charge in [-0.2, -0.15) is 8.78 Å². The second-order valence-electron chi connectivity index (χ2n) is 6.29. The molecule has 1 aliphatic rings. The summed E-state index contributed by atoms with van der Waals surface area (Å²) in [6.07, 6.45) is -1.47. The van der Waals surface area contributed by atoms with Gasteiger partial charge in [0.1, 0.15) is 17.6 Å². The molecule has 156 valence electrons. The van der Waals surface area contributed by atoms with E-state index in [1.165, 1.54) is 13.2 Å². The van der Waals surface area contributed by atoms with Crippen LogP contribution in [0.4, 0.5) is 18.9 Å². The second kappa shape index (κ2) is 9.07. The first-order valence-corrected chi connectivity index (χ1v) is 9.13. The maximum absolute atomic E-state index is 14.9. The number of carbonyl (C=O) groups is 1. The molecule has 8 nitrogen and oxygen atoms in total. The van der Waals surface area contributed by atoms with E-state index in [1.54, 1.807) is 23.2 Å². The Bertz CT molecular complexity index is 859. The van der Waals surface area contributed by atoms with Crippen molar-refractivity contribution in [1.29, 1.82) is 0 Å². The summed E-state index contributed by atoms with van der Waals surface area (Å²) in [5.74, 6) is -1.69. The maximum atomic E-state index is 14.9. The highest BCUT2D eigenvalue weighted by Crippen LogP contribution is 2.27. The molecule has 1 aromatic carbocycles. The van der Waals surface area contributed by atoms with E-state index in [1.807, 2.05) is 0 Å². The van der Waals surface area contributed by atoms with Gasteiger partial charge in [0, 0.05) is 32.4 Å². The first kappa shape index (κ1) is 20.8. The van der Waals surface area contributed by atoms with Crippen molar-refractivity contribution in [2.75, 3.05) is 38.2 Å². The van der Waals surface area contributed by atoms with Gasteiger partial charge in [-0.05, 0) is 29.9 Å². The summed E-state index contributed by atoms with van der Waals surface area (Å²) in [5.41, 5.74) is 1.37. The summed E-state index contributed by atoms with van der Waals surface area (Å²) in [7, 11) is 1.41. The third kappa shape index (κ3) is 4.75. The van der Waals surface area contributed by atoms with Crippen LogP contribution in [0, 0.1) is 5.82 Å². The summed E-state index contributed by atoms with van der Waals surface area (Å²) in [5, 5.41) is 13.3. The number of nitrogens with zero attached hydrogens (tertiary/aromatic N) is 4. The number of hydrogen-bond acceptors (Lipinski definition) is 6. The Kier molecular flexibility index (Phi) is 6.52. The number of ether oxygens (including phenoxy) is 1. The third-order valence-electron chi connectivity index (χ3n) is 4.60. The van der Waals surface area contributed by atoms with Gasteiger partial charge >= 0.3 is 6.43 Å². The molecule has 1 aromatic heterocycles. The molecule has 29 heavy (non-hydrogen) atoms. The quantitative estimate of drug-likeness (QED) is 0.698. The number of alkyl halides is 2. The smallest absolute Gasteiger partial charge is 0.315 e. The molecule has 1 fully saturated rings. The van der Waals surface area contributed by atoms with E-state index in [9.17, 15) is 18.0 Å². The normalized spacial score (nSPS) is 15.3. The summed E-state index contributed by atoms with van der Waals surface area (Å²) in [6.45, 7) is 0.728. The summed E-state index contributed by atoms with van der Waals surface area (Å²) in [6, 6.07) is 4.07. The number of thiocarbonyl (C=S) groups is 1. The minimum atomic E-state index is -3.03. The van der Waals surface area contributed by atoms with Crippen molar-refractivity contribution in [3.8, 4) is 0 Å². The van der Waals surface area contributed by atoms with Crippen LogP contribution in [0.25, 0.3) is 0 Å². The standard InChI is InChI=1S/C17H19F3N6O2S/c1-28-17(29)22-14(12-9-21-24-23-12)10-2-3-13(11(18)8-10)25-4-6-26(7-5-25)16(27)15(19)20/h2-3,8-9,14-15H,4-7H2,1H3,(H,22,29)(H,21,23,24). The number of amides is 1. The SMILES string of the molecule is COC(=S)NC(c1ccc(N2CCN(C(=O)C(F)F)CC2)c(F)c1)c1c[nH]nn1. The molecule has 12 heteroatoms. The van der Waals surface area contributed by atoms with Crippen LogP contribution in [0.5, 0.6) is 0 Å². The molecule has 0 radical (unpaired) electrons. The molecule has 1 amide bonds. The Morgan fingerprint density at radius 2 is 2.03 bits per heavy atom. The lowest BCUT2D eigenvalue weighted by atomic mass is 10.0. The number of piperazine rings is 1. The Hall–Kier alpha value is -2.89. The van der Waals surface area contributed by atoms with E-state index in [-0.39, 0.29) is 31.4 Å². The van der Waals surface area contributed by atoms with Crippen LogP contribution in [0.2, 0.25) is 0 Å². The van der Waals surface area contributed by atoms with Crippen molar-refractivity contribution in [1.82, 2.24) is 25.6 Å². The first-order chi connectivity index (χ1) is 13.9. The van der Waals surface area contributed by atoms with Crippen LogP contribution >= 0.6 is 12.2 Å². The summed E-state index contributed by atoms with van der Waals surface area (Å²) in [4.78, 5) is 14.2. The molecule has 1 atom stereocenters. The minimum absolute atomic E-state index is 0.107. The fourth-order valence-electron chi connectivity index (χ4n) is 3.12. The van der Waals surface area contributed by atoms with Crippen LogP contribution in [-0.4, -0.2) is 71.1 Å². The van der Waals surface area contributed by atoms with Crippen LogP contribution in [-0.2, 0) is 9.53 Å². The number of H-pyrrole nitrogens is 1. The lowest BCUT2D eigenvalue weighted by molar-refractivity contribution is -0.143. The molecular formula is C17H19F3N6O2S. The van der Waals surface area contributed by atoms with Gasteiger partial charge in [0.25, 0.3) is 11.1 Å². The Morgan fingerprint density at radius 3 is 2.59 bits per heavy atom. The van der Waals surface area contributed by atoms with Gasteiger partial charge in [-0.15, -0.1) is 5.10 Å². The molecule has 0 bridgehead atoms. The van der Waals surface area contributed by atoms with E-state index in [4.69, 9.17) is 17.0 Å². The zero-order valence-electron chi connectivity index (χ0n) is 15.4. The van der Waals surface area contributed by atoms with Crippen molar-refractivity contribution in [2.45, 2.75) is 12.5 Å². The van der Waals surface area contributed by atoms with Crippen molar-refractivity contribution >= 4 is 29.0 Å². The molecule has 0 spiro atoms. The lowest BCUT2D eigenvalue weighted by Crippen LogP contribution is -2.50. The molecule has 0 aliphatic carbocycles. The first-order valence-electron chi connectivity index (χ1n) is 8.73. The Labute approximate surface area is 170 Å². The fraction of sp³-hybridized carbons (Fsp3) is 0.412. The maximum Gasteiger partial charge on any atom is 0.315 e. The molecule has 1 unspecified atom stereocenters. The van der Waals surface area contributed by atoms with E-state index in [0.717, 1.165) is 4.90 Å². The Morgan fingerprint density at radius 1 is 1.31 bits per heavy atom. The molecule has 2 aromatic rings. The molecule has 3 rings (SSSR count). The zero-order valence-corrected chi connectivity index (χ0v) is 16.3. The largest absolute Gasteiger partial charge is 0.474 e. The predicted molar refractivity (Wildman–Crippen MR) is 102 cm³/mol. The van der Waals surface area contributed by atoms with E-state index in [2.05, 4.69) is 20.7 Å². The predicted octanol–water partition coefficient (Wildman–Crippen LogP) is 1.47. The second-order valence-corrected chi connectivity index (χ2v) is 6.66. The van der Waals surface area contributed by atoms with Crippen molar-refractivity contribution in [2.24, 2.45) is 0 Å². The van der Waals surface area contributed by atoms with Gasteiger partial charge < -0.3 is 19.9 Å². The highest BCUT2D eigenvalue weighted by Gasteiger charge is 2.28. The monoisotopic (exact) mass is 428 g/mol. The van der Waals surface area contributed by atoms with Crippen LogP contribution < -0.4 is 10.2 Å². The number of aromatic amines is 1. The van der Waals surface area contributed by atoms with Gasteiger partial charge in [-0.3, -0.25) is 9.89 Å². The van der Waals surface area contributed by atoms with E-state index in [0.29, 0.717) is 16.9 Å². The van der Waals surface area contributed by atoms with Crippen molar-refractivity contribution in [3.63, 3.8) is 0 Å². The number of methoxy groups -OCH3 is 1. The topological polar surface area (TPSA) is 86.4 Å². The number of nitrogens with one attached hydrogen (secondary N) is 2. The Balaban J connectivity index is 1.76. The van der Waals surface area contributed by atoms with Crippen LogP contribution in [0.15, 0.2) is 24.4 Å². The zero-order chi connectivity index (χ0) is 21.0. The van der Waals surface area contributed by atoms with Crippen LogP contribution in [0.3, 0.4) is 0 Å². The highest BCUT2D eigenvalue weighted by molar-refractivity contribution is 7.80. The van der Waals surface area contributed by atoms with Gasteiger partial charge in [-0.1, -0.05) is 11.3 Å². The lowest BCUT2D eigenvalue weighted by Gasteiger charge is -2.36. The molecule has 1 aliphatic heterocycles. The molecule has 2 heterocycles. The minimum Gasteiger partial charge on any atom is -0.474 e. The van der Waals surface area contributed by atoms with Crippen molar-refractivity contribution in [3.05, 3.63) is 41.5 Å². The summed E-state index contributed by atoms with van der Waals surface area (Å²) < 4.78 is 44.9. The number of rotatable bonds is 5. The molecular weight excluding hydrogens is 409 g/mol. The van der Waals surface area contributed by atoms with Crippen LogP contribution in [0.1, 0.15) is 17.3 Å². The fourth-order valence-corrected chi connectivity index (χ4v) is 3.24. The highest BCUT2D eigenvalue weighted by atomic mass is 32.1. The number of aromatic nitrogens is 3. The van der Waals surface area contributed by atoms with E-state index < -0.39 is 24.2 Å². The number of benzene rings is 1. The number of carbonyl (C=O) groups excluding carboxylic acids is 1. The van der Waals surface area contributed by atoms with Gasteiger partial charge in [0.2, 0.25) is 0 Å². The van der Waals surface area contributed by atoms with E-state index >= 15 is 0 Å². The molecule has 2 N–H and O–H groups in total. The molecule has 0 saturated carbocycles. The average molecular weight is 428 g/mol. The summed E-state index contributed by atoms with van der Waals surface area (Å²) >= 11 is 5.04. The number of halogens is 3. The average Bonchev–Trinajstić information content (AvgIpc) is 3.25. The van der Waals surface area contributed by atoms with Gasteiger partial charge in [0.15, 0.2) is 0 Å². The number of hydrogen-bond donors (Lipinski definition) is 2. The van der Waals surface area contributed by atoms with Gasteiger partial charge in [-0.25, -0.2) is 4.39 Å².